The molecule has 1 aromatic heterocycles. The first kappa shape index (κ1) is 20.1. The largest absolute Gasteiger partial charge is 0.358 e. The molecule has 2 aromatic rings. The van der Waals surface area contributed by atoms with Crippen LogP contribution in [0, 0.1) is 20.8 Å². The zero-order valence-electron chi connectivity index (χ0n) is 18.6. The first-order valence-corrected chi connectivity index (χ1v) is 12.2. The number of nitrogens with one attached hydrogen (secondary N) is 1. The molecule has 156 valence electrons. The molecule has 2 heterocycles. The molecule has 3 aliphatic rings. The van der Waals surface area contributed by atoms with Gasteiger partial charge in [0.2, 0.25) is 0 Å². The molecule has 0 atom stereocenters. The first-order valence-electron chi connectivity index (χ1n) is 11.5. The number of halogens is 1. The van der Waals surface area contributed by atoms with E-state index in [0.29, 0.717) is 0 Å². The van der Waals surface area contributed by atoms with Crippen molar-refractivity contribution in [2.45, 2.75) is 79.1 Å². The monoisotopic (exact) mass is 462 g/mol. The van der Waals surface area contributed by atoms with Crippen LogP contribution < -0.4 is 0 Å². The topological polar surface area (TPSA) is 28.1 Å². The Morgan fingerprint density at radius 2 is 1.43 bits per heavy atom. The van der Waals surface area contributed by atoms with Crippen molar-refractivity contribution in [3.8, 4) is 0 Å². The van der Waals surface area contributed by atoms with Crippen LogP contribution in [0.3, 0.4) is 0 Å². The number of hydrogen-bond acceptors (Lipinski definition) is 1. The van der Waals surface area contributed by atoms with E-state index in [2.05, 4.69) is 60.7 Å². The van der Waals surface area contributed by atoms with Gasteiger partial charge in [-0.1, -0.05) is 15.9 Å². The van der Waals surface area contributed by atoms with Gasteiger partial charge in [-0.2, -0.15) is 0 Å². The Morgan fingerprint density at radius 3 is 2.13 bits per heavy atom. The summed E-state index contributed by atoms with van der Waals surface area (Å²) in [6.45, 7) is 8.96. The van der Waals surface area contributed by atoms with Crippen molar-refractivity contribution in [1.82, 2.24) is 4.98 Å². The standard InChI is InChI=1S/C27H31BrN2/c1-15-13-19(28)14-16(2)24(15)25(26-22-11-7-5-9-20(22)17(3)29-26)27-23-12-8-6-10-21(23)18(4)30-27/h13-14,29H,5-12H2,1-4H3/b27-25-. The fraction of sp³-hybridized carbons (Fsp3) is 0.444. The van der Waals surface area contributed by atoms with Crippen LogP contribution in [0.25, 0.3) is 5.57 Å². The summed E-state index contributed by atoms with van der Waals surface area (Å²) in [5, 5.41) is 0. The van der Waals surface area contributed by atoms with Gasteiger partial charge in [-0.15, -0.1) is 0 Å². The molecule has 3 heteroatoms. The Hall–Kier alpha value is -1.87. The maximum absolute atomic E-state index is 5.24. The van der Waals surface area contributed by atoms with Gasteiger partial charge in [-0.05, 0) is 130 Å². The number of allylic oxidation sites excluding steroid dienone is 2. The maximum atomic E-state index is 5.24. The van der Waals surface area contributed by atoms with Crippen molar-refractivity contribution < 1.29 is 0 Å². The molecule has 0 bridgehead atoms. The van der Waals surface area contributed by atoms with Crippen LogP contribution in [0.1, 0.15) is 84.7 Å². The summed E-state index contributed by atoms with van der Waals surface area (Å²) in [7, 11) is 0. The van der Waals surface area contributed by atoms with Crippen LogP contribution in [0.5, 0.6) is 0 Å². The number of rotatable bonds is 2. The molecule has 2 aliphatic carbocycles. The minimum Gasteiger partial charge on any atom is -0.358 e. The number of fused-ring (bicyclic) bond motifs is 1. The van der Waals surface area contributed by atoms with Gasteiger partial charge in [0.25, 0.3) is 0 Å². The van der Waals surface area contributed by atoms with Crippen molar-refractivity contribution in [2.75, 3.05) is 0 Å². The Labute approximate surface area is 188 Å². The van der Waals surface area contributed by atoms with Gasteiger partial charge in [0.15, 0.2) is 0 Å². The molecule has 0 saturated carbocycles. The summed E-state index contributed by atoms with van der Waals surface area (Å²) in [5.74, 6) is 0. The van der Waals surface area contributed by atoms with Crippen LogP contribution in [-0.4, -0.2) is 10.7 Å². The third-order valence-corrected chi connectivity index (χ3v) is 7.70. The van der Waals surface area contributed by atoms with Crippen molar-refractivity contribution in [3.63, 3.8) is 0 Å². The van der Waals surface area contributed by atoms with E-state index in [9.17, 15) is 0 Å². The Balaban J connectivity index is 1.86. The van der Waals surface area contributed by atoms with Gasteiger partial charge in [0, 0.05) is 21.5 Å². The highest BCUT2D eigenvalue weighted by Crippen LogP contribution is 2.45. The number of hydrogen-bond donors (Lipinski definition) is 1. The average Bonchev–Trinajstić information content (AvgIpc) is 3.23. The number of aryl methyl sites for hydroxylation is 3. The fourth-order valence-electron chi connectivity index (χ4n) is 5.89. The van der Waals surface area contributed by atoms with E-state index in [1.165, 1.54) is 101 Å². The fourth-order valence-corrected chi connectivity index (χ4v) is 6.58. The smallest absolute Gasteiger partial charge is 0.0767 e. The molecular formula is C27H31BrN2. The second-order valence-corrected chi connectivity index (χ2v) is 10.2. The lowest BCUT2D eigenvalue weighted by atomic mass is 9.83. The third-order valence-electron chi connectivity index (χ3n) is 7.24. The Kier molecular flexibility index (Phi) is 5.13. The minimum absolute atomic E-state index is 1.15. The molecule has 1 N–H and O–H groups in total. The Bertz CT molecular complexity index is 1120. The molecule has 1 aliphatic heterocycles. The predicted molar refractivity (Wildman–Crippen MR) is 130 cm³/mol. The second-order valence-electron chi connectivity index (χ2n) is 9.29. The number of nitrogens with zero attached hydrogens (tertiary/aromatic N) is 1. The third kappa shape index (κ3) is 3.17. The molecule has 2 nitrogen and oxygen atoms in total. The first-order chi connectivity index (χ1) is 14.5. The molecule has 0 amide bonds. The second kappa shape index (κ2) is 7.67. The maximum Gasteiger partial charge on any atom is 0.0767 e. The van der Waals surface area contributed by atoms with Gasteiger partial charge in [-0.3, -0.25) is 4.99 Å². The zero-order chi connectivity index (χ0) is 21.0. The molecule has 0 radical (unpaired) electrons. The molecule has 0 fully saturated rings. The molecule has 1 aromatic carbocycles. The summed E-state index contributed by atoms with van der Waals surface area (Å²) in [4.78, 5) is 9.09. The molecular weight excluding hydrogens is 432 g/mol. The average molecular weight is 463 g/mol. The quantitative estimate of drug-likeness (QED) is 0.473. The van der Waals surface area contributed by atoms with Crippen molar-refractivity contribution in [1.29, 1.82) is 0 Å². The number of aromatic nitrogens is 1. The molecule has 0 spiro atoms. The highest BCUT2D eigenvalue weighted by Gasteiger charge is 2.31. The highest BCUT2D eigenvalue weighted by molar-refractivity contribution is 9.10. The Morgan fingerprint density at radius 1 is 0.833 bits per heavy atom. The molecule has 5 rings (SSSR count). The molecule has 0 saturated heterocycles. The van der Waals surface area contributed by atoms with E-state index in [4.69, 9.17) is 4.99 Å². The van der Waals surface area contributed by atoms with Crippen molar-refractivity contribution in [2.24, 2.45) is 4.99 Å². The van der Waals surface area contributed by atoms with Crippen molar-refractivity contribution in [3.05, 3.63) is 72.7 Å². The van der Waals surface area contributed by atoms with E-state index >= 15 is 0 Å². The highest BCUT2D eigenvalue weighted by atomic mass is 79.9. The summed E-state index contributed by atoms with van der Waals surface area (Å²) in [6, 6.07) is 4.51. The summed E-state index contributed by atoms with van der Waals surface area (Å²) in [5.41, 5.74) is 16.6. The van der Waals surface area contributed by atoms with E-state index in [-0.39, 0.29) is 0 Å². The van der Waals surface area contributed by atoms with Gasteiger partial charge >= 0.3 is 0 Å². The van der Waals surface area contributed by atoms with E-state index in [1.54, 1.807) is 11.1 Å². The van der Waals surface area contributed by atoms with Crippen LogP contribution >= 0.6 is 15.9 Å². The summed E-state index contributed by atoms with van der Waals surface area (Å²) >= 11 is 3.70. The van der Waals surface area contributed by atoms with Gasteiger partial charge in [0.05, 0.1) is 11.4 Å². The zero-order valence-corrected chi connectivity index (χ0v) is 20.2. The lowest BCUT2D eigenvalue weighted by Gasteiger charge is -2.21. The number of H-pyrrole nitrogens is 1. The van der Waals surface area contributed by atoms with E-state index < -0.39 is 0 Å². The normalized spacial score (nSPS) is 20.2. The summed E-state index contributed by atoms with van der Waals surface area (Å²) < 4.78 is 1.15. The van der Waals surface area contributed by atoms with Gasteiger partial charge in [-0.25, -0.2) is 0 Å². The van der Waals surface area contributed by atoms with Crippen LogP contribution in [0.2, 0.25) is 0 Å². The number of benzene rings is 1. The van der Waals surface area contributed by atoms with Gasteiger partial charge in [0.1, 0.15) is 0 Å². The van der Waals surface area contributed by atoms with Crippen LogP contribution in [-0.2, 0) is 12.8 Å². The van der Waals surface area contributed by atoms with Gasteiger partial charge < -0.3 is 4.98 Å². The van der Waals surface area contributed by atoms with Crippen molar-refractivity contribution >= 4 is 27.2 Å². The minimum atomic E-state index is 1.15. The van der Waals surface area contributed by atoms with Crippen LogP contribution in [0.15, 0.2) is 38.4 Å². The SMILES string of the molecule is CC1=N/C(=C(\c2[nH]c(C)c3c2CCCC3)c2c(C)cc(Br)cc2C)C2=C1CCCC2. The predicted octanol–water partition coefficient (Wildman–Crippen LogP) is 7.69. The lowest BCUT2D eigenvalue weighted by Crippen LogP contribution is -2.07. The lowest BCUT2D eigenvalue weighted by molar-refractivity contribution is 0.686. The molecule has 0 unspecified atom stereocenters. The number of aromatic amines is 1. The summed E-state index contributed by atoms with van der Waals surface area (Å²) in [6.07, 6.45) is 9.88. The van der Waals surface area contributed by atoms with Crippen LogP contribution in [0.4, 0.5) is 0 Å². The number of aliphatic imine (C=N–C) groups is 1. The van der Waals surface area contributed by atoms with E-state index in [1.807, 2.05) is 0 Å². The molecule has 30 heavy (non-hydrogen) atoms. The van der Waals surface area contributed by atoms with E-state index in [0.717, 1.165) is 10.9 Å².